The molecule has 0 radical (unpaired) electrons. The predicted molar refractivity (Wildman–Crippen MR) is 110 cm³/mol. The molecule has 1 aromatic heterocycles. The van der Waals surface area contributed by atoms with Crippen molar-refractivity contribution in [2.45, 2.75) is 38.4 Å². The molecule has 2 atom stereocenters. The maximum atomic E-state index is 6.46. The molecule has 5 heteroatoms. The summed E-state index contributed by atoms with van der Waals surface area (Å²) in [6.07, 6.45) is 1.11. The molecule has 3 aromatic rings. The van der Waals surface area contributed by atoms with Crippen LogP contribution in [0.4, 0.5) is 0 Å². The molecular weight excluding hydrogens is 344 g/mol. The van der Waals surface area contributed by atoms with Gasteiger partial charge in [-0.1, -0.05) is 49.4 Å². The first-order chi connectivity index (χ1) is 12.3. The van der Waals surface area contributed by atoms with Gasteiger partial charge < -0.3 is 10.3 Å². The predicted octanol–water partition coefficient (Wildman–Crippen LogP) is 3.79. The van der Waals surface area contributed by atoms with E-state index in [4.69, 9.17) is 10.7 Å². The Bertz CT molecular complexity index is 846. The third-order valence-corrected chi connectivity index (χ3v) is 5.21. The first-order valence-corrected chi connectivity index (χ1v) is 9.23. The highest BCUT2D eigenvalue weighted by atomic mass is 35.5. The summed E-state index contributed by atoms with van der Waals surface area (Å²) in [4.78, 5) is 7.35. The van der Waals surface area contributed by atoms with Crippen molar-refractivity contribution in [1.82, 2.24) is 14.5 Å². The number of benzene rings is 2. The molecule has 4 nitrogen and oxygen atoms in total. The van der Waals surface area contributed by atoms with E-state index in [9.17, 15) is 0 Å². The van der Waals surface area contributed by atoms with Crippen molar-refractivity contribution in [3.63, 3.8) is 0 Å². The minimum Gasteiger partial charge on any atom is -0.327 e. The Morgan fingerprint density at radius 2 is 1.77 bits per heavy atom. The van der Waals surface area contributed by atoms with E-state index in [1.807, 2.05) is 0 Å². The minimum atomic E-state index is 0. The van der Waals surface area contributed by atoms with E-state index < -0.39 is 0 Å². The number of para-hydroxylation sites is 2. The fourth-order valence-corrected chi connectivity index (χ4v) is 4.01. The summed E-state index contributed by atoms with van der Waals surface area (Å²) in [5.74, 6) is 1.56. The van der Waals surface area contributed by atoms with Crippen LogP contribution in [0.15, 0.2) is 54.6 Å². The van der Waals surface area contributed by atoms with E-state index in [0.717, 1.165) is 43.9 Å². The van der Waals surface area contributed by atoms with Crippen LogP contribution in [-0.2, 0) is 13.1 Å². The van der Waals surface area contributed by atoms with Crippen molar-refractivity contribution in [2.24, 2.45) is 5.73 Å². The van der Waals surface area contributed by atoms with Crippen molar-refractivity contribution in [1.29, 1.82) is 0 Å². The maximum absolute atomic E-state index is 6.46. The van der Waals surface area contributed by atoms with Crippen LogP contribution in [0.2, 0.25) is 0 Å². The fraction of sp³-hybridized carbons (Fsp3) is 0.381. The number of nitrogens with two attached hydrogens (primary N) is 1. The van der Waals surface area contributed by atoms with E-state index in [0.29, 0.717) is 5.92 Å². The maximum Gasteiger partial charge on any atom is 0.124 e. The molecule has 2 N–H and O–H groups in total. The molecule has 0 amide bonds. The number of imidazole rings is 1. The van der Waals surface area contributed by atoms with Gasteiger partial charge in [-0.05, 0) is 24.1 Å². The number of likely N-dealkylation sites (tertiary alicyclic amines) is 1. The van der Waals surface area contributed by atoms with Crippen LogP contribution in [0.5, 0.6) is 0 Å². The topological polar surface area (TPSA) is 47.1 Å². The van der Waals surface area contributed by atoms with Crippen molar-refractivity contribution < 1.29 is 0 Å². The molecule has 1 saturated heterocycles. The summed E-state index contributed by atoms with van der Waals surface area (Å²) in [6.45, 7) is 6.02. The van der Waals surface area contributed by atoms with Crippen LogP contribution in [0.1, 0.15) is 30.7 Å². The Morgan fingerprint density at radius 1 is 1.04 bits per heavy atom. The van der Waals surface area contributed by atoms with Crippen LogP contribution in [0.25, 0.3) is 11.0 Å². The number of aromatic nitrogens is 2. The molecule has 1 fully saturated rings. The summed E-state index contributed by atoms with van der Waals surface area (Å²) in [5.41, 5.74) is 10.1. The van der Waals surface area contributed by atoms with Gasteiger partial charge in [-0.3, -0.25) is 4.90 Å². The van der Waals surface area contributed by atoms with Gasteiger partial charge in [0.15, 0.2) is 0 Å². The van der Waals surface area contributed by atoms with Crippen LogP contribution in [-0.4, -0.2) is 33.6 Å². The Hall–Kier alpha value is -1.88. The van der Waals surface area contributed by atoms with Gasteiger partial charge in [-0.2, -0.15) is 0 Å². The number of hydrogen-bond donors (Lipinski definition) is 1. The molecule has 0 bridgehead atoms. The lowest BCUT2D eigenvalue weighted by atomic mass is 9.95. The van der Waals surface area contributed by atoms with Gasteiger partial charge in [0, 0.05) is 31.6 Å². The van der Waals surface area contributed by atoms with Crippen LogP contribution in [0, 0.1) is 0 Å². The summed E-state index contributed by atoms with van der Waals surface area (Å²) >= 11 is 0. The Balaban J connectivity index is 0.00000196. The number of rotatable bonds is 5. The molecule has 4 rings (SSSR count). The van der Waals surface area contributed by atoms with E-state index in [2.05, 4.69) is 71.0 Å². The molecule has 0 aliphatic carbocycles. The van der Waals surface area contributed by atoms with Crippen molar-refractivity contribution >= 4 is 23.4 Å². The smallest absolute Gasteiger partial charge is 0.124 e. The third kappa shape index (κ3) is 3.63. The molecule has 138 valence electrons. The van der Waals surface area contributed by atoms with Crippen LogP contribution < -0.4 is 5.73 Å². The Kier molecular flexibility index (Phi) is 5.97. The number of nitrogens with zero attached hydrogens (tertiary/aromatic N) is 3. The molecule has 1 aliphatic rings. The van der Waals surface area contributed by atoms with Gasteiger partial charge in [0.25, 0.3) is 0 Å². The highest BCUT2D eigenvalue weighted by Crippen LogP contribution is 2.28. The monoisotopic (exact) mass is 370 g/mol. The van der Waals surface area contributed by atoms with Gasteiger partial charge in [0.05, 0.1) is 17.6 Å². The van der Waals surface area contributed by atoms with E-state index in [1.54, 1.807) is 0 Å². The summed E-state index contributed by atoms with van der Waals surface area (Å²) in [6, 6.07) is 19.3. The van der Waals surface area contributed by atoms with Crippen LogP contribution in [0.3, 0.4) is 0 Å². The number of halogens is 1. The zero-order chi connectivity index (χ0) is 17.2. The summed E-state index contributed by atoms with van der Waals surface area (Å²) in [7, 11) is 0. The molecule has 0 unspecified atom stereocenters. The van der Waals surface area contributed by atoms with E-state index >= 15 is 0 Å². The number of fused-ring (bicyclic) bond motifs is 1. The average molecular weight is 371 g/mol. The second-order valence-corrected chi connectivity index (χ2v) is 7.04. The SMILES string of the molecule is CCCn1c(CN2C[C@@H](N)[C@H](c3ccccc3)C2)nc2ccccc21.Cl. The first-order valence-electron chi connectivity index (χ1n) is 9.23. The quantitative estimate of drug-likeness (QED) is 0.743. The Morgan fingerprint density at radius 3 is 2.54 bits per heavy atom. The van der Waals surface area contributed by atoms with Gasteiger partial charge in [0.2, 0.25) is 0 Å². The number of hydrogen-bond acceptors (Lipinski definition) is 3. The van der Waals surface area contributed by atoms with Gasteiger partial charge in [-0.25, -0.2) is 4.98 Å². The average Bonchev–Trinajstić information content (AvgIpc) is 3.17. The summed E-state index contributed by atoms with van der Waals surface area (Å²) in [5, 5.41) is 0. The fourth-order valence-electron chi connectivity index (χ4n) is 4.01. The molecule has 2 heterocycles. The Labute approximate surface area is 161 Å². The molecule has 26 heavy (non-hydrogen) atoms. The lowest BCUT2D eigenvalue weighted by Crippen LogP contribution is -2.29. The van der Waals surface area contributed by atoms with E-state index in [1.165, 1.54) is 11.1 Å². The van der Waals surface area contributed by atoms with Crippen molar-refractivity contribution in [3.8, 4) is 0 Å². The molecular formula is C21H27ClN4. The largest absolute Gasteiger partial charge is 0.327 e. The zero-order valence-electron chi connectivity index (χ0n) is 15.2. The molecule has 1 aliphatic heterocycles. The molecule has 0 saturated carbocycles. The molecule has 2 aromatic carbocycles. The van der Waals surface area contributed by atoms with Gasteiger partial charge in [0.1, 0.15) is 5.82 Å². The second-order valence-electron chi connectivity index (χ2n) is 7.04. The zero-order valence-corrected chi connectivity index (χ0v) is 16.0. The lowest BCUT2D eigenvalue weighted by molar-refractivity contribution is 0.310. The van der Waals surface area contributed by atoms with Crippen molar-refractivity contribution in [2.75, 3.05) is 13.1 Å². The highest BCUT2D eigenvalue weighted by molar-refractivity contribution is 5.85. The number of aryl methyl sites for hydroxylation is 1. The second kappa shape index (κ2) is 8.21. The van der Waals surface area contributed by atoms with Gasteiger partial charge >= 0.3 is 0 Å². The summed E-state index contributed by atoms with van der Waals surface area (Å²) < 4.78 is 2.37. The van der Waals surface area contributed by atoms with Gasteiger partial charge in [-0.15, -0.1) is 12.4 Å². The van der Waals surface area contributed by atoms with Crippen molar-refractivity contribution in [3.05, 3.63) is 66.0 Å². The first kappa shape index (κ1) is 18.9. The van der Waals surface area contributed by atoms with E-state index in [-0.39, 0.29) is 18.4 Å². The third-order valence-electron chi connectivity index (χ3n) is 5.21. The van der Waals surface area contributed by atoms with Crippen LogP contribution >= 0.6 is 12.4 Å². The lowest BCUT2D eigenvalue weighted by Gasteiger charge is -2.17. The highest BCUT2D eigenvalue weighted by Gasteiger charge is 2.31. The molecule has 0 spiro atoms. The standard InChI is InChI=1S/C21H26N4.ClH/c1-2-12-25-20-11-7-6-10-19(20)23-21(25)15-24-13-17(18(22)14-24)16-8-4-3-5-9-16;/h3-11,17-18H,2,12-15,22H2,1H3;1H/t17-,18+;/m0./s1. The normalized spacial score (nSPS) is 20.4. The minimum absolute atomic E-state index is 0.